The highest BCUT2D eigenvalue weighted by Gasteiger charge is 2.23. The van der Waals surface area contributed by atoms with E-state index in [-0.39, 0.29) is 4.90 Å². The molecule has 1 heterocycles. The Labute approximate surface area is 233 Å². The predicted molar refractivity (Wildman–Crippen MR) is 159 cm³/mol. The minimum absolute atomic E-state index is 0.123. The van der Waals surface area contributed by atoms with E-state index in [1.54, 1.807) is 12.1 Å². The molecule has 0 radical (unpaired) electrons. The molecule has 0 atom stereocenters. The Kier molecular flexibility index (Phi) is 6.86. The summed E-state index contributed by atoms with van der Waals surface area (Å²) in [6.45, 7) is 0.339. The summed E-state index contributed by atoms with van der Waals surface area (Å²) in [6.07, 6.45) is 0. The highest BCUT2D eigenvalue weighted by molar-refractivity contribution is 7.86. The maximum Gasteiger partial charge on any atom is 0.295 e. The molecule has 6 rings (SSSR count). The fourth-order valence-electron chi connectivity index (χ4n) is 5.02. The van der Waals surface area contributed by atoms with Gasteiger partial charge >= 0.3 is 0 Å². The van der Waals surface area contributed by atoms with Crippen molar-refractivity contribution in [2.75, 3.05) is 0 Å². The molecular formula is C34H26N2O3S. The normalized spacial score (nSPS) is 11.4. The standard InChI is InChI=1S/C34H26N2O3S/c37-40(38,39)31-23-25(21-22-30(31)26-13-5-1-6-14-26)24-36-33(28-17-9-3-10-18-28)32(27-15-7-2-8-16-27)35-34(36)29-19-11-4-12-20-29/h1-23H,24H2,(H,37,38,39). The highest BCUT2D eigenvalue weighted by Crippen LogP contribution is 2.37. The maximum absolute atomic E-state index is 12.5. The first-order chi connectivity index (χ1) is 19.5. The molecule has 0 saturated heterocycles. The summed E-state index contributed by atoms with van der Waals surface area (Å²) in [7, 11) is -4.48. The average molecular weight is 543 g/mol. The average Bonchev–Trinajstić information content (AvgIpc) is 3.37. The molecular weight excluding hydrogens is 516 g/mol. The van der Waals surface area contributed by atoms with Gasteiger partial charge in [-0.3, -0.25) is 4.55 Å². The molecule has 5 aromatic carbocycles. The lowest BCUT2D eigenvalue weighted by Crippen LogP contribution is -2.07. The van der Waals surface area contributed by atoms with Crippen LogP contribution in [0.15, 0.2) is 144 Å². The fraction of sp³-hybridized carbons (Fsp3) is 0.0294. The van der Waals surface area contributed by atoms with Crippen molar-refractivity contribution in [2.24, 2.45) is 0 Å². The van der Waals surface area contributed by atoms with Crippen LogP contribution in [0.5, 0.6) is 0 Å². The van der Waals surface area contributed by atoms with E-state index in [0.717, 1.165) is 39.5 Å². The van der Waals surface area contributed by atoms with Crippen molar-refractivity contribution in [1.82, 2.24) is 9.55 Å². The van der Waals surface area contributed by atoms with E-state index in [4.69, 9.17) is 4.98 Å². The van der Waals surface area contributed by atoms with Crippen molar-refractivity contribution in [1.29, 1.82) is 0 Å². The van der Waals surface area contributed by atoms with Crippen LogP contribution in [0.25, 0.3) is 45.0 Å². The monoisotopic (exact) mass is 542 g/mol. The molecule has 0 spiro atoms. The Morgan fingerprint density at radius 2 is 1.10 bits per heavy atom. The molecule has 0 aliphatic heterocycles. The first-order valence-electron chi connectivity index (χ1n) is 12.9. The quantitative estimate of drug-likeness (QED) is 0.209. The summed E-state index contributed by atoms with van der Waals surface area (Å²) in [5.41, 5.74) is 6.56. The highest BCUT2D eigenvalue weighted by atomic mass is 32.2. The van der Waals surface area contributed by atoms with Crippen LogP contribution >= 0.6 is 0 Å². The molecule has 196 valence electrons. The molecule has 0 amide bonds. The van der Waals surface area contributed by atoms with Crippen LogP contribution in [0.2, 0.25) is 0 Å². The first kappa shape index (κ1) is 25.5. The van der Waals surface area contributed by atoms with E-state index in [1.165, 1.54) is 0 Å². The molecule has 6 aromatic rings. The second-order valence-corrected chi connectivity index (χ2v) is 10.9. The minimum Gasteiger partial charge on any atom is -0.319 e. The van der Waals surface area contributed by atoms with Crippen molar-refractivity contribution >= 4 is 10.1 Å². The van der Waals surface area contributed by atoms with Crippen molar-refractivity contribution in [2.45, 2.75) is 11.4 Å². The summed E-state index contributed by atoms with van der Waals surface area (Å²) in [5.74, 6) is 0.763. The van der Waals surface area contributed by atoms with Gasteiger partial charge in [-0.2, -0.15) is 8.42 Å². The third kappa shape index (κ3) is 5.10. The van der Waals surface area contributed by atoms with Crippen LogP contribution in [-0.4, -0.2) is 22.5 Å². The molecule has 1 aromatic heterocycles. The van der Waals surface area contributed by atoms with Gasteiger partial charge in [-0.1, -0.05) is 133 Å². The largest absolute Gasteiger partial charge is 0.319 e. The van der Waals surface area contributed by atoms with Gasteiger partial charge in [0, 0.05) is 28.8 Å². The topological polar surface area (TPSA) is 72.2 Å². The van der Waals surface area contributed by atoms with Crippen LogP contribution < -0.4 is 0 Å². The number of rotatable bonds is 7. The zero-order valence-corrected chi connectivity index (χ0v) is 22.4. The molecule has 0 aliphatic rings. The SMILES string of the molecule is O=S(=O)(O)c1cc(Cn2c(-c3ccccc3)nc(-c3ccccc3)c2-c2ccccc2)ccc1-c1ccccc1. The number of hydrogen-bond acceptors (Lipinski definition) is 3. The second kappa shape index (κ2) is 10.8. The molecule has 0 fully saturated rings. The van der Waals surface area contributed by atoms with E-state index in [0.29, 0.717) is 17.7 Å². The molecule has 0 aliphatic carbocycles. The van der Waals surface area contributed by atoms with Crippen molar-refractivity contribution < 1.29 is 13.0 Å². The van der Waals surface area contributed by atoms with Gasteiger partial charge in [0.15, 0.2) is 0 Å². The van der Waals surface area contributed by atoms with Crippen LogP contribution in [0.1, 0.15) is 5.56 Å². The Bertz CT molecular complexity index is 1870. The van der Waals surface area contributed by atoms with Gasteiger partial charge in [0.1, 0.15) is 10.7 Å². The molecule has 1 N–H and O–H groups in total. The van der Waals surface area contributed by atoms with Crippen LogP contribution in [0, 0.1) is 0 Å². The lowest BCUT2D eigenvalue weighted by molar-refractivity contribution is 0.483. The summed E-state index contributed by atoms with van der Waals surface area (Å²) in [6, 6.07) is 44.5. The van der Waals surface area contributed by atoms with Gasteiger partial charge in [-0.05, 0) is 17.2 Å². The van der Waals surface area contributed by atoms with Crippen molar-refractivity contribution in [3.8, 4) is 45.0 Å². The molecule has 5 nitrogen and oxygen atoms in total. The van der Waals surface area contributed by atoms with E-state index < -0.39 is 10.1 Å². The Morgan fingerprint density at radius 1 is 0.600 bits per heavy atom. The molecule has 6 heteroatoms. The second-order valence-electron chi connectivity index (χ2n) is 9.49. The lowest BCUT2D eigenvalue weighted by atomic mass is 10.0. The van der Waals surface area contributed by atoms with Gasteiger partial charge in [0.05, 0.1) is 11.4 Å². The summed E-state index contributed by atoms with van der Waals surface area (Å²) in [4.78, 5) is 5.03. The maximum atomic E-state index is 12.5. The number of hydrogen-bond donors (Lipinski definition) is 1. The van der Waals surface area contributed by atoms with E-state index in [9.17, 15) is 13.0 Å². The van der Waals surface area contributed by atoms with Crippen LogP contribution in [-0.2, 0) is 16.7 Å². The van der Waals surface area contributed by atoms with Crippen molar-refractivity contribution in [3.05, 3.63) is 145 Å². The number of aromatic nitrogens is 2. The first-order valence-corrected chi connectivity index (χ1v) is 14.4. The smallest absolute Gasteiger partial charge is 0.295 e. The number of nitrogens with zero attached hydrogens (tertiary/aromatic N) is 2. The van der Waals surface area contributed by atoms with Gasteiger partial charge in [-0.15, -0.1) is 0 Å². The zero-order chi connectivity index (χ0) is 27.5. The van der Waals surface area contributed by atoms with Gasteiger partial charge < -0.3 is 4.57 Å². The number of benzene rings is 5. The molecule has 0 saturated carbocycles. The fourth-order valence-corrected chi connectivity index (χ4v) is 5.78. The predicted octanol–water partition coefficient (Wildman–Crippen LogP) is 7.85. The van der Waals surface area contributed by atoms with Crippen molar-refractivity contribution in [3.63, 3.8) is 0 Å². The Hall–Kier alpha value is -4.78. The molecule has 0 bridgehead atoms. The minimum atomic E-state index is -4.48. The third-order valence-corrected chi connectivity index (χ3v) is 7.74. The Morgan fingerprint density at radius 3 is 1.65 bits per heavy atom. The summed E-state index contributed by atoms with van der Waals surface area (Å²) >= 11 is 0. The molecule has 0 unspecified atom stereocenters. The van der Waals surface area contributed by atoms with Gasteiger partial charge in [0.2, 0.25) is 0 Å². The van der Waals surface area contributed by atoms with E-state index >= 15 is 0 Å². The van der Waals surface area contributed by atoms with Crippen LogP contribution in [0.4, 0.5) is 0 Å². The van der Waals surface area contributed by atoms with Gasteiger partial charge in [-0.25, -0.2) is 4.98 Å². The molecule has 40 heavy (non-hydrogen) atoms. The summed E-state index contributed by atoms with van der Waals surface area (Å²) < 4.78 is 37.4. The third-order valence-electron chi connectivity index (χ3n) is 6.84. The lowest BCUT2D eigenvalue weighted by Gasteiger charge is -2.15. The van der Waals surface area contributed by atoms with Crippen LogP contribution in [0.3, 0.4) is 0 Å². The van der Waals surface area contributed by atoms with E-state index in [2.05, 4.69) is 16.7 Å². The summed E-state index contributed by atoms with van der Waals surface area (Å²) in [5, 5.41) is 0. The van der Waals surface area contributed by atoms with E-state index in [1.807, 2.05) is 115 Å². The Balaban J connectivity index is 1.58. The van der Waals surface area contributed by atoms with Gasteiger partial charge in [0.25, 0.3) is 10.1 Å². The zero-order valence-electron chi connectivity index (χ0n) is 21.6. The number of imidazole rings is 1.